The molecule has 0 amide bonds. The first-order chi connectivity index (χ1) is 15.9. The number of nitrogens with zero attached hydrogens (tertiary/aromatic N) is 3. The summed E-state index contributed by atoms with van der Waals surface area (Å²) in [5, 5.41) is 7.11. The van der Waals surface area contributed by atoms with E-state index in [1.165, 1.54) is 12.1 Å². The predicted molar refractivity (Wildman–Crippen MR) is 129 cm³/mol. The summed E-state index contributed by atoms with van der Waals surface area (Å²) in [6, 6.07) is 15.2. The Hall–Kier alpha value is -2.62. The predicted octanol–water partition coefficient (Wildman–Crippen LogP) is 3.94. The molecule has 0 aliphatic carbocycles. The van der Waals surface area contributed by atoms with Gasteiger partial charge in [0.2, 0.25) is 10.0 Å². The molecule has 33 heavy (non-hydrogen) atoms. The molecule has 1 atom stereocenters. The summed E-state index contributed by atoms with van der Waals surface area (Å²) in [7, 11) is -3.52. The molecule has 7 nitrogen and oxygen atoms in total. The normalized spacial score (nSPS) is 12.8. The molecule has 0 saturated heterocycles. The van der Waals surface area contributed by atoms with Crippen molar-refractivity contribution in [2.75, 3.05) is 25.4 Å². The summed E-state index contributed by atoms with van der Waals surface area (Å²) < 4.78 is 41.8. The Kier molecular flexibility index (Phi) is 9.11. The third-order valence-electron chi connectivity index (χ3n) is 5.60. The largest absolute Gasteiger partial charge is 0.304 e. The summed E-state index contributed by atoms with van der Waals surface area (Å²) in [5.74, 6) is 0.547. The van der Waals surface area contributed by atoms with Crippen LogP contribution in [-0.4, -0.2) is 53.9 Å². The molecule has 0 radical (unpaired) electrons. The summed E-state index contributed by atoms with van der Waals surface area (Å²) in [6.07, 6.45) is 1.76. The van der Waals surface area contributed by atoms with E-state index >= 15 is 0 Å². The van der Waals surface area contributed by atoms with Gasteiger partial charge in [-0.2, -0.15) is 5.10 Å². The van der Waals surface area contributed by atoms with E-state index in [0.29, 0.717) is 36.5 Å². The molecule has 0 aliphatic rings. The van der Waals surface area contributed by atoms with Crippen LogP contribution >= 0.6 is 0 Å². The molecule has 0 spiro atoms. The van der Waals surface area contributed by atoms with Crippen LogP contribution in [0.5, 0.6) is 0 Å². The van der Waals surface area contributed by atoms with Gasteiger partial charge in [-0.05, 0) is 68.7 Å². The van der Waals surface area contributed by atoms with Crippen LogP contribution in [0.4, 0.5) is 4.39 Å². The van der Waals surface area contributed by atoms with E-state index in [4.69, 9.17) is 0 Å². The number of hydrogen-bond acceptors (Lipinski definition) is 5. The molecular weight excluding hydrogens is 441 g/mol. The number of halogens is 1. The van der Waals surface area contributed by atoms with Crippen molar-refractivity contribution >= 4 is 10.0 Å². The minimum Gasteiger partial charge on any atom is -0.304 e. The van der Waals surface area contributed by atoms with Gasteiger partial charge >= 0.3 is 0 Å². The Labute approximate surface area is 195 Å². The Balaban J connectivity index is 1.74. The highest BCUT2D eigenvalue weighted by Gasteiger charge is 2.23. The maximum Gasteiger partial charge on any atom is 0.212 e. The van der Waals surface area contributed by atoms with Crippen molar-refractivity contribution < 1.29 is 12.8 Å². The molecule has 1 unspecified atom stereocenters. The standard InChI is InChI=1S/C24H32FN5O2S/c1-3-30(4-2)17-8-18-33(31,32)29-22(16-11-19-9-6-5-7-10-19)24-26-23(27-28-24)20-12-14-21(25)15-13-20/h5-7,9-10,12-15,22,29H,3-4,8,11,16-18H2,1-2H3,(H,26,27,28). The smallest absolute Gasteiger partial charge is 0.212 e. The molecule has 1 aromatic heterocycles. The van der Waals surface area contributed by atoms with Crippen LogP contribution in [0.25, 0.3) is 11.4 Å². The van der Waals surface area contributed by atoms with Gasteiger partial charge in [-0.25, -0.2) is 22.5 Å². The molecule has 0 fully saturated rings. The number of nitrogens with one attached hydrogen (secondary N) is 2. The maximum absolute atomic E-state index is 13.3. The monoisotopic (exact) mass is 473 g/mol. The number of sulfonamides is 1. The molecule has 0 saturated carbocycles. The van der Waals surface area contributed by atoms with E-state index in [-0.39, 0.29) is 11.6 Å². The van der Waals surface area contributed by atoms with Crippen molar-refractivity contribution in [3.63, 3.8) is 0 Å². The lowest BCUT2D eigenvalue weighted by atomic mass is 10.1. The summed E-state index contributed by atoms with van der Waals surface area (Å²) in [4.78, 5) is 6.72. The SMILES string of the molecule is CCN(CC)CCCS(=O)(=O)NC(CCc1ccccc1)c1nc(-c2ccc(F)cc2)n[nH]1. The van der Waals surface area contributed by atoms with Crippen LogP contribution in [-0.2, 0) is 16.4 Å². The lowest BCUT2D eigenvalue weighted by Crippen LogP contribution is -2.33. The van der Waals surface area contributed by atoms with Crippen molar-refractivity contribution in [1.29, 1.82) is 0 Å². The van der Waals surface area contributed by atoms with E-state index in [1.54, 1.807) is 12.1 Å². The molecule has 0 bridgehead atoms. The van der Waals surface area contributed by atoms with E-state index in [2.05, 4.69) is 38.7 Å². The highest BCUT2D eigenvalue weighted by molar-refractivity contribution is 7.89. The van der Waals surface area contributed by atoms with Gasteiger partial charge in [0.25, 0.3) is 0 Å². The zero-order valence-corrected chi connectivity index (χ0v) is 20.0. The van der Waals surface area contributed by atoms with Crippen LogP contribution in [0.15, 0.2) is 54.6 Å². The van der Waals surface area contributed by atoms with Gasteiger partial charge in [0.15, 0.2) is 5.82 Å². The Bertz CT molecular complexity index is 1080. The lowest BCUT2D eigenvalue weighted by molar-refractivity contribution is 0.304. The lowest BCUT2D eigenvalue weighted by Gasteiger charge is -2.19. The summed E-state index contributed by atoms with van der Waals surface area (Å²) >= 11 is 0. The highest BCUT2D eigenvalue weighted by Crippen LogP contribution is 2.21. The van der Waals surface area contributed by atoms with Crippen molar-refractivity contribution in [2.24, 2.45) is 0 Å². The molecule has 178 valence electrons. The van der Waals surface area contributed by atoms with Gasteiger partial charge in [0.1, 0.15) is 11.6 Å². The number of H-pyrrole nitrogens is 1. The number of aromatic nitrogens is 3. The van der Waals surface area contributed by atoms with Crippen molar-refractivity contribution in [1.82, 2.24) is 24.8 Å². The number of aryl methyl sites for hydroxylation is 1. The molecule has 2 N–H and O–H groups in total. The molecule has 3 rings (SSSR count). The molecule has 2 aromatic carbocycles. The zero-order chi connectivity index (χ0) is 23.7. The van der Waals surface area contributed by atoms with Crippen LogP contribution in [0.2, 0.25) is 0 Å². The van der Waals surface area contributed by atoms with Crippen molar-refractivity contribution in [2.45, 2.75) is 39.2 Å². The Morgan fingerprint density at radius 3 is 2.42 bits per heavy atom. The fraction of sp³-hybridized carbons (Fsp3) is 0.417. The first-order valence-electron chi connectivity index (χ1n) is 11.3. The van der Waals surface area contributed by atoms with Crippen LogP contribution < -0.4 is 4.72 Å². The Morgan fingerprint density at radius 1 is 1.06 bits per heavy atom. The molecule has 3 aromatic rings. The molecule has 1 heterocycles. The first-order valence-corrected chi connectivity index (χ1v) is 13.0. The first kappa shape index (κ1) is 25.0. The van der Waals surface area contributed by atoms with E-state index < -0.39 is 16.1 Å². The fourth-order valence-electron chi connectivity index (χ4n) is 3.66. The fourth-order valence-corrected chi connectivity index (χ4v) is 4.95. The van der Waals surface area contributed by atoms with E-state index in [0.717, 1.165) is 25.2 Å². The van der Waals surface area contributed by atoms with Crippen LogP contribution in [0.1, 0.15) is 44.1 Å². The average Bonchev–Trinajstić information content (AvgIpc) is 3.31. The minimum absolute atomic E-state index is 0.0459. The summed E-state index contributed by atoms with van der Waals surface area (Å²) in [5.41, 5.74) is 1.77. The van der Waals surface area contributed by atoms with Crippen LogP contribution in [0, 0.1) is 5.82 Å². The number of aromatic amines is 1. The van der Waals surface area contributed by atoms with E-state index in [1.807, 2.05) is 30.3 Å². The molecule has 9 heteroatoms. The van der Waals surface area contributed by atoms with Crippen molar-refractivity contribution in [3.05, 3.63) is 71.8 Å². The van der Waals surface area contributed by atoms with Gasteiger partial charge in [0.05, 0.1) is 11.8 Å². The minimum atomic E-state index is -3.52. The third-order valence-corrected chi connectivity index (χ3v) is 7.07. The second-order valence-corrected chi connectivity index (χ2v) is 9.82. The van der Waals surface area contributed by atoms with Gasteiger partial charge in [-0.15, -0.1) is 0 Å². The number of rotatable bonds is 13. The second kappa shape index (κ2) is 12.0. The number of benzene rings is 2. The molecule has 0 aliphatic heterocycles. The number of hydrogen-bond donors (Lipinski definition) is 2. The van der Waals surface area contributed by atoms with Gasteiger partial charge < -0.3 is 4.90 Å². The quantitative estimate of drug-likeness (QED) is 0.392. The van der Waals surface area contributed by atoms with Gasteiger partial charge in [0, 0.05) is 5.56 Å². The summed E-state index contributed by atoms with van der Waals surface area (Å²) in [6.45, 7) is 6.67. The molecular formula is C24H32FN5O2S. The Morgan fingerprint density at radius 2 is 1.76 bits per heavy atom. The average molecular weight is 474 g/mol. The van der Waals surface area contributed by atoms with Gasteiger partial charge in [-0.3, -0.25) is 5.10 Å². The maximum atomic E-state index is 13.3. The van der Waals surface area contributed by atoms with Crippen molar-refractivity contribution in [3.8, 4) is 11.4 Å². The van der Waals surface area contributed by atoms with Gasteiger partial charge in [-0.1, -0.05) is 44.2 Å². The second-order valence-electron chi connectivity index (χ2n) is 7.95. The van der Waals surface area contributed by atoms with E-state index in [9.17, 15) is 12.8 Å². The topological polar surface area (TPSA) is 91.0 Å². The third kappa shape index (κ3) is 7.73. The highest BCUT2D eigenvalue weighted by atomic mass is 32.2. The zero-order valence-electron chi connectivity index (χ0n) is 19.2. The van der Waals surface area contributed by atoms with Crippen LogP contribution in [0.3, 0.4) is 0 Å².